The first-order chi connectivity index (χ1) is 4.20. The lowest BCUT2D eigenvalue weighted by atomic mass is 10.5. The number of halogens is 1. The zero-order valence-corrected chi connectivity index (χ0v) is 7.79. The third-order valence-electron chi connectivity index (χ3n) is 0.979. The topological polar surface area (TPSA) is 12.9 Å². The molecule has 50 valence electrons. The Balaban J connectivity index is 2.85. The van der Waals surface area contributed by atoms with Crippen molar-refractivity contribution in [2.45, 2.75) is 18.7 Å². The summed E-state index contributed by atoms with van der Waals surface area (Å²) in [6.45, 7) is 4.15. The standard InChI is InChI=1S/C6H8BrNS/c1-4-3-8-6(9-4)5(2)7/h3,5H,1-2H3. The maximum Gasteiger partial charge on any atom is 0.106 e. The summed E-state index contributed by atoms with van der Waals surface area (Å²) in [5.41, 5.74) is 0. The molecule has 1 aromatic heterocycles. The molecule has 0 radical (unpaired) electrons. The summed E-state index contributed by atoms with van der Waals surface area (Å²) in [6, 6.07) is 0. The highest BCUT2D eigenvalue weighted by atomic mass is 79.9. The van der Waals surface area contributed by atoms with Gasteiger partial charge in [0.05, 0.1) is 4.83 Å². The van der Waals surface area contributed by atoms with Crippen LogP contribution in [0.5, 0.6) is 0 Å². The Hall–Kier alpha value is 0.110. The zero-order valence-electron chi connectivity index (χ0n) is 5.39. The summed E-state index contributed by atoms with van der Waals surface area (Å²) in [4.78, 5) is 5.86. The van der Waals surface area contributed by atoms with Crippen molar-refractivity contribution in [2.24, 2.45) is 0 Å². The molecule has 9 heavy (non-hydrogen) atoms. The monoisotopic (exact) mass is 205 g/mol. The van der Waals surface area contributed by atoms with Gasteiger partial charge in [-0.2, -0.15) is 0 Å². The molecule has 1 unspecified atom stereocenters. The van der Waals surface area contributed by atoms with E-state index in [-0.39, 0.29) is 0 Å². The molecule has 0 bridgehead atoms. The van der Waals surface area contributed by atoms with Crippen LogP contribution in [0.1, 0.15) is 21.6 Å². The lowest BCUT2D eigenvalue weighted by Crippen LogP contribution is -1.77. The van der Waals surface area contributed by atoms with E-state index in [9.17, 15) is 0 Å². The van der Waals surface area contributed by atoms with Gasteiger partial charge in [0.1, 0.15) is 5.01 Å². The molecule has 0 N–H and O–H groups in total. The van der Waals surface area contributed by atoms with Gasteiger partial charge in [-0.15, -0.1) is 11.3 Å². The number of alkyl halides is 1. The first-order valence-electron chi connectivity index (χ1n) is 2.76. The molecule has 0 amide bonds. The molecule has 0 spiro atoms. The Morgan fingerprint density at radius 2 is 2.44 bits per heavy atom. The molecule has 1 rings (SSSR count). The minimum atomic E-state index is 0.399. The zero-order chi connectivity index (χ0) is 6.85. The number of hydrogen-bond donors (Lipinski definition) is 0. The lowest BCUT2D eigenvalue weighted by Gasteiger charge is -1.92. The van der Waals surface area contributed by atoms with Gasteiger partial charge < -0.3 is 0 Å². The molecular weight excluding hydrogens is 198 g/mol. The molecule has 0 saturated carbocycles. The van der Waals surface area contributed by atoms with Crippen LogP contribution >= 0.6 is 27.3 Å². The van der Waals surface area contributed by atoms with Crippen LogP contribution in [-0.4, -0.2) is 4.98 Å². The summed E-state index contributed by atoms with van der Waals surface area (Å²) in [7, 11) is 0. The fourth-order valence-corrected chi connectivity index (χ4v) is 1.66. The third-order valence-corrected chi connectivity index (χ3v) is 2.81. The van der Waals surface area contributed by atoms with Crippen molar-refractivity contribution in [1.29, 1.82) is 0 Å². The first-order valence-corrected chi connectivity index (χ1v) is 4.50. The van der Waals surface area contributed by atoms with Gasteiger partial charge in [-0.3, -0.25) is 0 Å². The largest absolute Gasteiger partial charge is 0.248 e. The number of aryl methyl sites for hydroxylation is 1. The van der Waals surface area contributed by atoms with Gasteiger partial charge in [0, 0.05) is 11.1 Å². The molecule has 0 aliphatic carbocycles. The first kappa shape index (κ1) is 7.22. The molecule has 1 atom stereocenters. The number of rotatable bonds is 1. The summed E-state index contributed by atoms with van der Waals surface area (Å²) < 4.78 is 0. The minimum absolute atomic E-state index is 0.399. The normalized spacial score (nSPS) is 13.7. The maximum absolute atomic E-state index is 4.19. The Morgan fingerprint density at radius 3 is 2.67 bits per heavy atom. The second-order valence-electron chi connectivity index (χ2n) is 1.93. The third kappa shape index (κ3) is 1.76. The maximum atomic E-state index is 4.19. The van der Waals surface area contributed by atoms with Gasteiger partial charge >= 0.3 is 0 Å². The van der Waals surface area contributed by atoms with E-state index in [0.29, 0.717) is 4.83 Å². The molecule has 0 aliphatic heterocycles. The van der Waals surface area contributed by atoms with Gasteiger partial charge in [0.2, 0.25) is 0 Å². The predicted octanol–water partition coefficient (Wildman–Crippen LogP) is 2.91. The Kier molecular flexibility index (Phi) is 2.24. The van der Waals surface area contributed by atoms with Gasteiger partial charge in [0.15, 0.2) is 0 Å². The molecule has 1 aromatic rings. The highest BCUT2D eigenvalue weighted by Gasteiger charge is 2.03. The highest BCUT2D eigenvalue weighted by molar-refractivity contribution is 9.09. The smallest absolute Gasteiger partial charge is 0.106 e. The van der Waals surface area contributed by atoms with E-state index in [2.05, 4.69) is 34.8 Å². The van der Waals surface area contributed by atoms with E-state index in [1.807, 2.05) is 6.20 Å². The van der Waals surface area contributed by atoms with Crippen molar-refractivity contribution in [3.8, 4) is 0 Å². The van der Waals surface area contributed by atoms with Gasteiger partial charge in [0.25, 0.3) is 0 Å². The van der Waals surface area contributed by atoms with Crippen LogP contribution in [-0.2, 0) is 0 Å². The average molecular weight is 206 g/mol. The fraction of sp³-hybridized carbons (Fsp3) is 0.500. The quantitative estimate of drug-likeness (QED) is 0.643. The van der Waals surface area contributed by atoms with Crippen LogP contribution < -0.4 is 0 Å². The minimum Gasteiger partial charge on any atom is -0.248 e. The molecule has 3 heteroatoms. The van der Waals surface area contributed by atoms with E-state index in [1.54, 1.807) is 11.3 Å². The van der Waals surface area contributed by atoms with Crippen LogP contribution in [0.3, 0.4) is 0 Å². The van der Waals surface area contributed by atoms with Crippen LogP contribution in [0, 0.1) is 6.92 Å². The van der Waals surface area contributed by atoms with E-state index in [4.69, 9.17) is 0 Å². The Bertz CT molecular complexity index is 195. The number of aromatic nitrogens is 1. The van der Waals surface area contributed by atoms with E-state index in [1.165, 1.54) is 4.88 Å². The number of thiazole rings is 1. The van der Waals surface area contributed by atoms with Crippen LogP contribution in [0.4, 0.5) is 0 Å². The van der Waals surface area contributed by atoms with Crippen LogP contribution in [0.25, 0.3) is 0 Å². The average Bonchev–Trinajstić information content (AvgIpc) is 2.14. The fourth-order valence-electron chi connectivity index (χ4n) is 0.556. The van der Waals surface area contributed by atoms with Gasteiger partial charge in [-0.05, 0) is 13.8 Å². The molecular formula is C6H8BrNS. The second kappa shape index (κ2) is 2.80. The molecule has 1 heterocycles. The molecule has 0 saturated heterocycles. The molecule has 0 aromatic carbocycles. The number of hydrogen-bond acceptors (Lipinski definition) is 2. The molecule has 0 aliphatic rings. The summed E-state index contributed by atoms with van der Waals surface area (Å²) in [6.07, 6.45) is 1.90. The summed E-state index contributed by atoms with van der Waals surface area (Å²) in [5.74, 6) is 0. The number of nitrogens with zero attached hydrogens (tertiary/aromatic N) is 1. The van der Waals surface area contributed by atoms with Crippen molar-refractivity contribution >= 4 is 27.3 Å². The predicted molar refractivity (Wildman–Crippen MR) is 44.2 cm³/mol. The van der Waals surface area contributed by atoms with Crippen LogP contribution in [0.15, 0.2) is 6.20 Å². The highest BCUT2D eigenvalue weighted by Crippen LogP contribution is 2.25. The van der Waals surface area contributed by atoms with E-state index < -0.39 is 0 Å². The summed E-state index contributed by atoms with van der Waals surface area (Å²) >= 11 is 5.18. The van der Waals surface area contributed by atoms with E-state index >= 15 is 0 Å². The van der Waals surface area contributed by atoms with E-state index in [0.717, 1.165) is 5.01 Å². The molecule has 0 fully saturated rings. The van der Waals surface area contributed by atoms with Gasteiger partial charge in [-0.1, -0.05) is 15.9 Å². The van der Waals surface area contributed by atoms with Crippen molar-refractivity contribution in [3.05, 3.63) is 16.1 Å². The SMILES string of the molecule is Cc1cnc(C(C)Br)s1. The van der Waals surface area contributed by atoms with Crippen molar-refractivity contribution in [2.75, 3.05) is 0 Å². The van der Waals surface area contributed by atoms with Gasteiger partial charge in [-0.25, -0.2) is 4.98 Å². The van der Waals surface area contributed by atoms with Crippen molar-refractivity contribution < 1.29 is 0 Å². The van der Waals surface area contributed by atoms with Crippen molar-refractivity contribution in [3.63, 3.8) is 0 Å². The molecule has 1 nitrogen and oxygen atoms in total. The Morgan fingerprint density at radius 1 is 1.78 bits per heavy atom. The second-order valence-corrected chi connectivity index (χ2v) is 4.57. The van der Waals surface area contributed by atoms with Crippen LogP contribution in [0.2, 0.25) is 0 Å². The Labute approximate surface area is 67.3 Å². The summed E-state index contributed by atoms with van der Waals surface area (Å²) in [5, 5.41) is 1.16. The lowest BCUT2D eigenvalue weighted by molar-refractivity contribution is 1.08. The van der Waals surface area contributed by atoms with Crippen molar-refractivity contribution in [1.82, 2.24) is 4.98 Å².